The number of aryl methyl sites for hydroxylation is 1. The van der Waals surface area contributed by atoms with Crippen LogP contribution in [-0.2, 0) is 17.5 Å². The van der Waals surface area contributed by atoms with Gasteiger partial charge in [-0.15, -0.1) is 0 Å². The second-order valence-electron chi connectivity index (χ2n) is 5.94. The van der Waals surface area contributed by atoms with Crippen molar-refractivity contribution in [2.24, 2.45) is 0 Å². The third-order valence-corrected chi connectivity index (χ3v) is 4.29. The summed E-state index contributed by atoms with van der Waals surface area (Å²) < 4.78 is 50.9. The van der Waals surface area contributed by atoms with Crippen molar-refractivity contribution >= 4 is 0 Å². The summed E-state index contributed by atoms with van der Waals surface area (Å²) in [6, 6.07) is -0.162. The summed E-state index contributed by atoms with van der Waals surface area (Å²) in [5.74, 6) is 0.680. The Hall–Kier alpha value is -1.94. The summed E-state index contributed by atoms with van der Waals surface area (Å²) in [6.07, 6.45) is -2.05. The zero-order valence-corrected chi connectivity index (χ0v) is 12.7. The molecular weight excluding hydrogens is 327 g/mol. The molecule has 4 rings (SSSR count). The lowest BCUT2D eigenvalue weighted by atomic mass is 9.99. The number of aromatic nitrogens is 4. The number of ether oxygens (including phenoxy) is 1. The van der Waals surface area contributed by atoms with Crippen molar-refractivity contribution in [1.29, 1.82) is 0 Å². The zero-order chi connectivity index (χ0) is 16.7. The number of halogens is 3. The summed E-state index contributed by atoms with van der Waals surface area (Å²) in [6.45, 7) is 2.27. The fraction of sp³-hybridized carbons (Fsp3) is 0.643. The second-order valence-corrected chi connectivity index (χ2v) is 5.94. The summed E-state index contributed by atoms with van der Waals surface area (Å²) >= 11 is 0. The van der Waals surface area contributed by atoms with Crippen LogP contribution in [0.1, 0.15) is 48.0 Å². The van der Waals surface area contributed by atoms with Crippen LogP contribution in [0.4, 0.5) is 13.2 Å². The normalized spacial score (nSPS) is 24.8. The Morgan fingerprint density at radius 3 is 2.92 bits per heavy atom. The molecule has 10 heteroatoms. The molecule has 2 aliphatic rings. The number of fused-ring (bicyclic) bond motifs is 1. The predicted octanol–water partition coefficient (Wildman–Crippen LogP) is 1.87. The van der Waals surface area contributed by atoms with Crippen molar-refractivity contribution in [3.8, 4) is 0 Å². The summed E-state index contributed by atoms with van der Waals surface area (Å²) in [4.78, 5) is 8.14. The molecule has 0 amide bonds. The third-order valence-electron chi connectivity index (χ3n) is 4.29. The van der Waals surface area contributed by atoms with E-state index in [0.29, 0.717) is 50.3 Å². The van der Waals surface area contributed by atoms with Crippen LogP contribution in [0.3, 0.4) is 0 Å². The van der Waals surface area contributed by atoms with Gasteiger partial charge in [0, 0.05) is 19.3 Å². The molecule has 1 saturated heterocycles. The lowest BCUT2D eigenvalue weighted by Crippen LogP contribution is -2.35. The van der Waals surface area contributed by atoms with Gasteiger partial charge in [0.15, 0.2) is 11.5 Å². The smallest absolute Gasteiger partial charge is 0.378 e. The third kappa shape index (κ3) is 2.80. The van der Waals surface area contributed by atoms with Crippen LogP contribution in [0.2, 0.25) is 0 Å². The molecule has 2 atom stereocenters. The van der Waals surface area contributed by atoms with Crippen LogP contribution in [-0.4, -0.2) is 39.5 Å². The fourth-order valence-corrected chi connectivity index (χ4v) is 3.11. The number of nitrogens with one attached hydrogen (secondary N) is 1. The summed E-state index contributed by atoms with van der Waals surface area (Å²) in [5, 5.41) is 7.17. The molecule has 24 heavy (non-hydrogen) atoms. The van der Waals surface area contributed by atoms with Gasteiger partial charge in [0.25, 0.3) is 0 Å². The Morgan fingerprint density at radius 2 is 2.17 bits per heavy atom. The van der Waals surface area contributed by atoms with E-state index < -0.39 is 17.8 Å². The van der Waals surface area contributed by atoms with Gasteiger partial charge in [-0.3, -0.25) is 0 Å². The van der Waals surface area contributed by atoms with E-state index in [1.807, 2.05) is 0 Å². The molecule has 0 radical (unpaired) electrons. The number of rotatable bonds is 2. The summed E-state index contributed by atoms with van der Waals surface area (Å²) in [7, 11) is 0. The number of morpholine rings is 1. The van der Waals surface area contributed by atoms with Crippen molar-refractivity contribution in [3.63, 3.8) is 0 Å². The first-order valence-electron chi connectivity index (χ1n) is 7.81. The molecular formula is C14H16F3N5O2. The Bertz CT molecular complexity index is 720. The van der Waals surface area contributed by atoms with Crippen molar-refractivity contribution in [3.05, 3.63) is 29.4 Å². The molecule has 2 aliphatic heterocycles. The number of hydrogen-bond donors (Lipinski definition) is 1. The first-order valence-corrected chi connectivity index (χ1v) is 7.81. The summed E-state index contributed by atoms with van der Waals surface area (Å²) in [5.41, 5.74) is -0.883. The predicted molar refractivity (Wildman–Crippen MR) is 74.2 cm³/mol. The van der Waals surface area contributed by atoms with Crippen molar-refractivity contribution in [1.82, 2.24) is 25.0 Å². The van der Waals surface area contributed by atoms with Crippen molar-refractivity contribution < 1.29 is 22.4 Å². The number of hydrogen-bond acceptors (Lipinski definition) is 6. The topological polar surface area (TPSA) is 78.0 Å². The van der Waals surface area contributed by atoms with Gasteiger partial charge in [0.1, 0.15) is 5.82 Å². The van der Waals surface area contributed by atoms with Gasteiger partial charge in [0.05, 0.1) is 25.2 Å². The Kier molecular flexibility index (Phi) is 3.80. The highest BCUT2D eigenvalue weighted by Gasteiger charge is 2.38. The Morgan fingerprint density at radius 1 is 1.29 bits per heavy atom. The van der Waals surface area contributed by atoms with E-state index in [1.165, 1.54) is 4.57 Å². The van der Waals surface area contributed by atoms with E-state index >= 15 is 0 Å². The van der Waals surface area contributed by atoms with E-state index in [2.05, 4.69) is 20.4 Å². The van der Waals surface area contributed by atoms with Crippen molar-refractivity contribution in [2.45, 2.75) is 37.5 Å². The number of imidazole rings is 1. The van der Waals surface area contributed by atoms with E-state index in [4.69, 9.17) is 9.26 Å². The van der Waals surface area contributed by atoms with Crippen LogP contribution in [0.25, 0.3) is 0 Å². The molecule has 0 spiro atoms. The highest BCUT2D eigenvalue weighted by molar-refractivity contribution is 5.18. The monoisotopic (exact) mass is 343 g/mol. The van der Waals surface area contributed by atoms with Gasteiger partial charge < -0.3 is 19.1 Å². The zero-order valence-electron chi connectivity index (χ0n) is 12.7. The van der Waals surface area contributed by atoms with Crippen LogP contribution >= 0.6 is 0 Å². The molecule has 4 heterocycles. The minimum atomic E-state index is -4.46. The van der Waals surface area contributed by atoms with Crippen LogP contribution in [0.15, 0.2) is 10.7 Å². The standard InChI is InChI=1S/C14H16F3N5O2/c15-14(16,17)10-6-22-4-1-2-8(12(22)19-10)13-20-11(21-24-13)9-7-23-5-3-18-9/h6,8-9,18H,1-5,7H2. The largest absolute Gasteiger partial charge is 0.434 e. The van der Waals surface area contributed by atoms with Crippen LogP contribution in [0.5, 0.6) is 0 Å². The minimum absolute atomic E-state index is 0.162. The molecule has 0 bridgehead atoms. The molecule has 7 nitrogen and oxygen atoms in total. The van der Waals surface area contributed by atoms with E-state index in [1.54, 1.807) is 0 Å². The molecule has 2 aromatic heterocycles. The molecule has 130 valence electrons. The molecule has 0 aliphatic carbocycles. The number of nitrogens with zero attached hydrogens (tertiary/aromatic N) is 4. The average Bonchev–Trinajstić information content (AvgIpc) is 3.22. The Labute approximate surface area is 135 Å². The quantitative estimate of drug-likeness (QED) is 0.897. The average molecular weight is 343 g/mol. The molecule has 0 aromatic carbocycles. The maximum atomic E-state index is 12.9. The lowest BCUT2D eigenvalue weighted by molar-refractivity contribution is -0.141. The van der Waals surface area contributed by atoms with Gasteiger partial charge in [-0.25, -0.2) is 4.98 Å². The second kappa shape index (κ2) is 5.85. The van der Waals surface area contributed by atoms with Gasteiger partial charge in [-0.2, -0.15) is 18.2 Å². The van der Waals surface area contributed by atoms with Crippen LogP contribution in [0, 0.1) is 0 Å². The van der Waals surface area contributed by atoms with E-state index in [-0.39, 0.29) is 6.04 Å². The number of alkyl halides is 3. The first-order chi connectivity index (χ1) is 11.5. The first kappa shape index (κ1) is 15.6. The minimum Gasteiger partial charge on any atom is -0.378 e. The van der Waals surface area contributed by atoms with Gasteiger partial charge in [-0.1, -0.05) is 5.16 Å². The molecule has 2 unspecified atom stereocenters. The maximum absolute atomic E-state index is 12.9. The molecule has 0 saturated carbocycles. The molecule has 1 fully saturated rings. The van der Waals surface area contributed by atoms with Crippen molar-refractivity contribution in [2.75, 3.05) is 19.8 Å². The highest BCUT2D eigenvalue weighted by atomic mass is 19.4. The Balaban J connectivity index is 1.62. The molecule has 1 N–H and O–H groups in total. The van der Waals surface area contributed by atoms with Gasteiger partial charge >= 0.3 is 6.18 Å². The van der Waals surface area contributed by atoms with E-state index in [0.717, 1.165) is 12.6 Å². The highest BCUT2D eigenvalue weighted by Crippen LogP contribution is 2.36. The SMILES string of the molecule is FC(F)(F)c1cn2c(n1)C(c1nc(C3COCCN3)no1)CCC2. The molecule has 2 aromatic rings. The lowest BCUT2D eigenvalue weighted by Gasteiger charge is -2.21. The fourth-order valence-electron chi connectivity index (χ4n) is 3.11. The maximum Gasteiger partial charge on any atom is 0.434 e. The van der Waals surface area contributed by atoms with Gasteiger partial charge in [-0.05, 0) is 12.8 Å². The van der Waals surface area contributed by atoms with E-state index in [9.17, 15) is 13.2 Å². The van der Waals surface area contributed by atoms with Crippen LogP contribution < -0.4 is 5.32 Å². The van der Waals surface area contributed by atoms with Gasteiger partial charge in [0.2, 0.25) is 5.89 Å².